The predicted molar refractivity (Wildman–Crippen MR) is 104 cm³/mol. The molecule has 0 saturated carbocycles. The number of amides is 4. The second-order valence-electron chi connectivity index (χ2n) is 6.69. The summed E-state index contributed by atoms with van der Waals surface area (Å²) in [4.78, 5) is 49.9. The topological polar surface area (TPSA) is 105 Å². The van der Waals surface area contributed by atoms with Crippen LogP contribution in [0.1, 0.15) is 39.2 Å². The van der Waals surface area contributed by atoms with E-state index in [1.807, 2.05) is 0 Å². The van der Waals surface area contributed by atoms with E-state index in [0.29, 0.717) is 23.6 Å². The van der Waals surface area contributed by atoms with E-state index in [4.69, 9.17) is 16.3 Å². The molecular formula is C19H24ClN3O5. The van der Waals surface area contributed by atoms with Crippen LogP contribution in [-0.2, 0) is 19.1 Å². The van der Waals surface area contributed by atoms with E-state index in [2.05, 4.69) is 10.6 Å². The van der Waals surface area contributed by atoms with Crippen molar-refractivity contribution in [1.82, 2.24) is 10.2 Å². The minimum absolute atomic E-state index is 0.414. The summed E-state index contributed by atoms with van der Waals surface area (Å²) in [6, 6.07) is 4.39. The van der Waals surface area contributed by atoms with E-state index < -0.39 is 42.0 Å². The molecule has 0 aromatic heterocycles. The number of rotatable bonds is 7. The number of nitrogens with zero attached hydrogens (tertiary/aromatic N) is 1. The fourth-order valence-corrected chi connectivity index (χ4v) is 3.10. The highest BCUT2D eigenvalue weighted by atomic mass is 35.5. The number of anilines is 1. The average Bonchev–Trinajstić information content (AvgIpc) is 2.89. The molecule has 1 aliphatic heterocycles. The van der Waals surface area contributed by atoms with Gasteiger partial charge in [0.25, 0.3) is 11.8 Å². The monoisotopic (exact) mass is 409 g/mol. The Hall–Kier alpha value is -2.61. The van der Waals surface area contributed by atoms with Crippen molar-refractivity contribution in [2.75, 3.05) is 11.9 Å². The maximum Gasteiger partial charge on any atom is 0.327 e. The Morgan fingerprint density at radius 3 is 2.50 bits per heavy atom. The van der Waals surface area contributed by atoms with Gasteiger partial charge in [-0.1, -0.05) is 31.5 Å². The lowest BCUT2D eigenvalue weighted by Crippen LogP contribution is -2.46. The molecule has 4 amide bonds. The van der Waals surface area contributed by atoms with Crippen LogP contribution in [0.5, 0.6) is 0 Å². The number of carbonyl (C=O) groups is 4. The van der Waals surface area contributed by atoms with Gasteiger partial charge >= 0.3 is 12.0 Å². The van der Waals surface area contributed by atoms with Crippen LogP contribution in [0.2, 0.25) is 5.02 Å². The lowest BCUT2D eigenvalue weighted by Gasteiger charge is -2.23. The van der Waals surface area contributed by atoms with Gasteiger partial charge in [-0.15, -0.1) is 0 Å². The van der Waals surface area contributed by atoms with Crippen molar-refractivity contribution in [3.63, 3.8) is 0 Å². The summed E-state index contributed by atoms with van der Waals surface area (Å²) >= 11 is 5.92. The number of hydrogen-bond acceptors (Lipinski definition) is 5. The molecule has 28 heavy (non-hydrogen) atoms. The molecule has 1 aromatic rings. The molecule has 2 rings (SSSR count). The number of benzene rings is 1. The first kappa shape index (κ1) is 21.7. The molecular weight excluding hydrogens is 386 g/mol. The first-order chi connectivity index (χ1) is 13.1. The molecule has 1 aromatic carbocycles. The third kappa shape index (κ3) is 4.44. The van der Waals surface area contributed by atoms with Crippen molar-refractivity contribution >= 4 is 41.1 Å². The van der Waals surface area contributed by atoms with Crippen LogP contribution in [0.25, 0.3) is 0 Å². The zero-order valence-corrected chi connectivity index (χ0v) is 17.1. The predicted octanol–water partition coefficient (Wildman–Crippen LogP) is 2.63. The van der Waals surface area contributed by atoms with Crippen molar-refractivity contribution in [2.45, 2.75) is 52.2 Å². The normalized spacial score (nSPS) is 16.5. The molecule has 0 aliphatic carbocycles. The zero-order chi connectivity index (χ0) is 21.1. The minimum Gasteiger partial charge on any atom is -0.451 e. The van der Waals surface area contributed by atoms with Gasteiger partial charge in [0.2, 0.25) is 0 Å². The summed E-state index contributed by atoms with van der Waals surface area (Å²) in [7, 11) is 0. The molecule has 0 radical (unpaired) electrons. The van der Waals surface area contributed by atoms with Crippen molar-refractivity contribution in [1.29, 1.82) is 0 Å². The second-order valence-corrected chi connectivity index (χ2v) is 7.13. The van der Waals surface area contributed by atoms with E-state index in [-0.39, 0.29) is 0 Å². The van der Waals surface area contributed by atoms with Gasteiger partial charge < -0.3 is 15.4 Å². The third-order valence-corrected chi connectivity index (χ3v) is 5.11. The molecule has 1 saturated heterocycles. The lowest BCUT2D eigenvalue weighted by molar-refractivity contribution is -0.155. The fourth-order valence-electron chi connectivity index (χ4n) is 2.93. The Morgan fingerprint density at radius 1 is 1.29 bits per heavy atom. The van der Waals surface area contributed by atoms with E-state index >= 15 is 0 Å². The standard InChI is InChI=1S/C19H24ClN3O5/c1-5-19(6-2)17(26)23(18(27)22-19)10-15(24)28-12(4)16(25)21-14-9-13(20)8-7-11(14)3/h7-9,12H,5-6,10H2,1-4H3,(H,21,25)(H,22,27)/t12-/m1/s1. The minimum atomic E-state index is -1.12. The quantitative estimate of drug-likeness (QED) is 0.532. The highest BCUT2D eigenvalue weighted by Gasteiger charge is 2.49. The first-order valence-electron chi connectivity index (χ1n) is 9.04. The Morgan fingerprint density at radius 2 is 1.93 bits per heavy atom. The molecule has 1 atom stereocenters. The van der Waals surface area contributed by atoms with Crippen molar-refractivity contribution in [3.05, 3.63) is 28.8 Å². The fraction of sp³-hybridized carbons (Fsp3) is 0.474. The number of imide groups is 1. The van der Waals surface area contributed by atoms with Gasteiger partial charge in [-0.05, 0) is 44.4 Å². The largest absolute Gasteiger partial charge is 0.451 e. The van der Waals surface area contributed by atoms with Crippen molar-refractivity contribution in [2.24, 2.45) is 0 Å². The van der Waals surface area contributed by atoms with Gasteiger partial charge in [-0.25, -0.2) is 4.79 Å². The molecule has 2 N–H and O–H groups in total. The van der Waals surface area contributed by atoms with Crippen molar-refractivity contribution < 1.29 is 23.9 Å². The average molecular weight is 410 g/mol. The highest BCUT2D eigenvalue weighted by molar-refractivity contribution is 6.31. The van der Waals surface area contributed by atoms with Crippen LogP contribution in [0.3, 0.4) is 0 Å². The maximum absolute atomic E-state index is 12.5. The van der Waals surface area contributed by atoms with Gasteiger partial charge in [0.05, 0.1) is 0 Å². The molecule has 0 bridgehead atoms. The Balaban J connectivity index is 1.97. The summed E-state index contributed by atoms with van der Waals surface area (Å²) in [5.74, 6) is -1.87. The van der Waals surface area contributed by atoms with Gasteiger partial charge in [0.15, 0.2) is 6.10 Å². The maximum atomic E-state index is 12.5. The molecule has 1 heterocycles. The number of halogens is 1. The summed E-state index contributed by atoms with van der Waals surface area (Å²) in [5, 5.41) is 5.73. The second kappa shape index (κ2) is 8.60. The number of carbonyl (C=O) groups excluding carboxylic acids is 4. The SMILES string of the molecule is CCC1(CC)NC(=O)N(CC(=O)O[C@H](C)C(=O)Nc2cc(Cl)ccc2C)C1=O. The molecule has 152 valence electrons. The van der Waals surface area contributed by atoms with E-state index in [1.165, 1.54) is 6.92 Å². The molecule has 0 unspecified atom stereocenters. The van der Waals surface area contributed by atoms with Crippen LogP contribution in [0.15, 0.2) is 18.2 Å². The number of urea groups is 1. The van der Waals surface area contributed by atoms with Crippen LogP contribution < -0.4 is 10.6 Å². The number of esters is 1. The van der Waals surface area contributed by atoms with Crippen LogP contribution in [0, 0.1) is 6.92 Å². The zero-order valence-electron chi connectivity index (χ0n) is 16.3. The molecule has 9 heteroatoms. The molecule has 1 aliphatic rings. The molecule has 8 nitrogen and oxygen atoms in total. The molecule has 0 spiro atoms. The first-order valence-corrected chi connectivity index (χ1v) is 9.42. The summed E-state index contributed by atoms with van der Waals surface area (Å²) in [5.41, 5.74) is 0.307. The lowest BCUT2D eigenvalue weighted by atomic mass is 9.93. The van der Waals surface area contributed by atoms with E-state index in [1.54, 1.807) is 39.0 Å². The van der Waals surface area contributed by atoms with E-state index in [0.717, 1.165) is 10.5 Å². The summed E-state index contributed by atoms with van der Waals surface area (Å²) in [6.45, 7) is 6.22. The molecule has 1 fully saturated rings. The van der Waals surface area contributed by atoms with Gasteiger partial charge in [0.1, 0.15) is 12.1 Å². The summed E-state index contributed by atoms with van der Waals surface area (Å²) < 4.78 is 5.09. The van der Waals surface area contributed by atoms with E-state index in [9.17, 15) is 19.2 Å². The van der Waals surface area contributed by atoms with Crippen LogP contribution >= 0.6 is 11.6 Å². The Kier molecular flexibility index (Phi) is 6.66. The smallest absolute Gasteiger partial charge is 0.327 e. The third-order valence-electron chi connectivity index (χ3n) is 4.88. The number of hydrogen-bond donors (Lipinski definition) is 2. The van der Waals surface area contributed by atoms with Gasteiger partial charge in [-0.2, -0.15) is 0 Å². The van der Waals surface area contributed by atoms with Crippen LogP contribution in [-0.4, -0.2) is 46.9 Å². The Labute approximate surface area is 168 Å². The number of ether oxygens (including phenoxy) is 1. The Bertz CT molecular complexity index is 807. The van der Waals surface area contributed by atoms with Crippen molar-refractivity contribution in [3.8, 4) is 0 Å². The number of aryl methyl sites for hydroxylation is 1. The van der Waals surface area contributed by atoms with Crippen LogP contribution in [0.4, 0.5) is 10.5 Å². The highest BCUT2D eigenvalue weighted by Crippen LogP contribution is 2.25. The summed E-state index contributed by atoms with van der Waals surface area (Å²) in [6.07, 6.45) is -0.289. The van der Waals surface area contributed by atoms with Gasteiger partial charge in [-0.3, -0.25) is 19.3 Å². The van der Waals surface area contributed by atoms with Gasteiger partial charge in [0, 0.05) is 10.7 Å². The number of nitrogens with one attached hydrogen (secondary N) is 2.